The Morgan fingerprint density at radius 2 is 1.88 bits per heavy atom. The quantitative estimate of drug-likeness (QED) is 0.805. The number of rotatable bonds is 1. The van der Waals surface area contributed by atoms with Crippen LogP contribution in [-0.4, -0.2) is 12.0 Å². The first-order chi connectivity index (χ1) is 8.25. The van der Waals surface area contributed by atoms with E-state index in [2.05, 4.69) is 35.1 Å². The molecule has 17 heavy (non-hydrogen) atoms. The summed E-state index contributed by atoms with van der Waals surface area (Å²) >= 11 is 0. The predicted octanol–water partition coefficient (Wildman–Crippen LogP) is 3.08. The zero-order valence-corrected chi connectivity index (χ0v) is 9.64. The molecule has 1 aromatic carbocycles. The van der Waals surface area contributed by atoms with E-state index >= 15 is 0 Å². The van der Waals surface area contributed by atoms with Gasteiger partial charge in [0.1, 0.15) is 5.82 Å². The molecule has 0 atom stereocenters. The smallest absolute Gasteiger partial charge is 0.156 e. The van der Waals surface area contributed by atoms with Crippen molar-refractivity contribution in [3.8, 4) is 11.3 Å². The Hall–Kier alpha value is -2.29. The molecule has 3 rings (SSSR count). The van der Waals surface area contributed by atoms with Gasteiger partial charge in [-0.3, -0.25) is 0 Å². The maximum absolute atomic E-state index is 4.61. The molecule has 0 spiro atoms. The SMILES string of the molecule is C=C1Nc2nc(-c3ccccc3)ccc2N1C. The van der Waals surface area contributed by atoms with E-state index < -0.39 is 0 Å². The van der Waals surface area contributed by atoms with Gasteiger partial charge in [-0.25, -0.2) is 4.98 Å². The van der Waals surface area contributed by atoms with E-state index in [1.54, 1.807) is 0 Å². The van der Waals surface area contributed by atoms with E-state index in [9.17, 15) is 0 Å². The molecule has 1 aliphatic rings. The Labute approximate surface area is 100 Å². The topological polar surface area (TPSA) is 28.2 Å². The van der Waals surface area contributed by atoms with Gasteiger partial charge in [-0.1, -0.05) is 36.9 Å². The summed E-state index contributed by atoms with van der Waals surface area (Å²) in [5, 5.41) is 3.18. The maximum atomic E-state index is 4.61. The summed E-state index contributed by atoms with van der Waals surface area (Å²) in [6.07, 6.45) is 0. The van der Waals surface area contributed by atoms with Crippen LogP contribution in [0.4, 0.5) is 11.5 Å². The van der Waals surface area contributed by atoms with Crippen molar-refractivity contribution < 1.29 is 0 Å². The van der Waals surface area contributed by atoms with Crippen LogP contribution >= 0.6 is 0 Å². The van der Waals surface area contributed by atoms with Crippen molar-refractivity contribution in [3.05, 3.63) is 54.9 Å². The number of benzene rings is 1. The van der Waals surface area contributed by atoms with Gasteiger partial charge in [0.2, 0.25) is 0 Å². The van der Waals surface area contributed by atoms with Crippen LogP contribution in [0.15, 0.2) is 54.9 Å². The molecule has 0 radical (unpaired) electrons. The summed E-state index contributed by atoms with van der Waals surface area (Å²) in [4.78, 5) is 6.61. The summed E-state index contributed by atoms with van der Waals surface area (Å²) < 4.78 is 0. The number of hydrogen-bond acceptors (Lipinski definition) is 3. The summed E-state index contributed by atoms with van der Waals surface area (Å²) in [5.41, 5.74) is 3.16. The monoisotopic (exact) mass is 223 g/mol. The van der Waals surface area contributed by atoms with E-state index in [0.29, 0.717) is 0 Å². The Morgan fingerprint density at radius 1 is 1.12 bits per heavy atom. The van der Waals surface area contributed by atoms with Gasteiger partial charge < -0.3 is 10.2 Å². The molecule has 0 fully saturated rings. The highest BCUT2D eigenvalue weighted by Gasteiger charge is 2.20. The predicted molar refractivity (Wildman–Crippen MR) is 70.8 cm³/mol. The molecule has 2 heterocycles. The molecule has 84 valence electrons. The fourth-order valence-corrected chi connectivity index (χ4v) is 1.95. The standard InChI is InChI=1S/C14H13N3/c1-10-15-14-13(17(10)2)9-8-12(16-14)11-6-4-3-5-7-11/h3-9H,1H2,2H3,(H,15,16). The average molecular weight is 223 g/mol. The highest BCUT2D eigenvalue weighted by molar-refractivity contribution is 5.79. The van der Waals surface area contributed by atoms with Crippen molar-refractivity contribution in [2.24, 2.45) is 0 Å². The van der Waals surface area contributed by atoms with Crippen molar-refractivity contribution >= 4 is 11.5 Å². The Bertz CT molecular complexity index is 575. The maximum Gasteiger partial charge on any atom is 0.156 e. The molecule has 2 aromatic rings. The molecule has 0 amide bonds. The number of fused-ring (bicyclic) bond motifs is 1. The van der Waals surface area contributed by atoms with E-state index in [-0.39, 0.29) is 0 Å². The van der Waals surface area contributed by atoms with Crippen LogP contribution < -0.4 is 10.2 Å². The lowest BCUT2D eigenvalue weighted by molar-refractivity contribution is 1.17. The minimum atomic E-state index is 0.859. The van der Waals surface area contributed by atoms with Crippen molar-refractivity contribution in [1.29, 1.82) is 0 Å². The van der Waals surface area contributed by atoms with Gasteiger partial charge in [-0.2, -0.15) is 0 Å². The van der Waals surface area contributed by atoms with Crippen LogP contribution in [0.5, 0.6) is 0 Å². The third kappa shape index (κ3) is 1.56. The minimum Gasteiger partial charge on any atom is -0.328 e. The zero-order chi connectivity index (χ0) is 11.8. The van der Waals surface area contributed by atoms with E-state index in [0.717, 1.165) is 28.6 Å². The Balaban J connectivity index is 2.07. The van der Waals surface area contributed by atoms with Gasteiger partial charge >= 0.3 is 0 Å². The van der Waals surface area contributed by atoms with Crippen molar-refractivity contribution in [2.45, 2.75) is 0 Å². The molecule has 0 aliphatic carbocycles. The highest BCUT2D eigenvalue weighted by atomic mass is 15.3. The third-order valence-electron chi connectivity index (χ3n) is 2.97. The van der Waals surface area contributed by atoms with Crippen LogP contribution in [0.1, 0.15) is 0 Å². The second-order valence-electron chi connectivity index (χ2n) is 4.06. The molecule has 0 unspecified atom stereocenters. The zero-order valence-electron chi connectivity index (χ0n) is 9.64. The lowest BCUT2D eigenvalue weighted by Crippen LogP contribution is -2.12. The molecule has 3 heteroatoms. The van der Waals surface area contributed by atoms with Gasteiger partial charge in [-0.05, 0) is 12.1 Å². The van der Waals surface area contributed by atoms with Crippen LogP contribution in [0, 0.1) is 0 Å². The largest absolute Gasteiger partial charge is 0.328 e. The first-order valence-electron chi connectivity index (χ1n) is 5.52. The fraction of sp³-hybridized carbons (Fsp3) is 0.0714. The minimum absolute atomic E-state index is 0.859. The molecular weight excluding hydrogens is 210 g/mol. The molecule has 1 N–H and O–H groups in total. The van der Waals surface area contributed by atoms with E-state index in [1.165, 1.54) is 0 Å². The number of hydrogen-bond donors (Lipinski definition) is 1. The van der Waals surface area contributed by atoms with Crippen LogP contribution in [0.25, 0.3) is 11.3 Å². The number of anilines is 2. The second-order valence-corrected chi connectivity index (χ2v) is 4.06. The van der Waals surface area contributed by atoms with Crippen LogP contribution in [-0.2, 0) is 0 Å². The molecule has 3 nitrogen and oxygen atoms in total. The van der Waals surface area contributed by atoms with E-state index in [4.69, 9.17) is 0 Å². The van der Waals surface area contributed by atoms with Crippen molar-refractivity contribution in [3.63, 3.8) is 0 Å². The first kappa shape index (κ1) is 9.90. The molecule has 0 saturated carbocycles. The van der Waals surface area contributed by atoms with Gasteiger partial charge in [-0.15, -0.1) is 0 Å². The second kappa shape index (κ2) is 3.63. The number of nitrogens with zero attached hydrogens (tertiary/aromatic N) is 2. The van der Waals surface area contributed by atoms with Gasteiger partial charge in [0.25, 0.3) is 0 Å². The number of aromatic nitrogens is 1. The van der Waals surface area contributed by atoms with Gasteiger partial charge in [0.05, 0.1) is 11.4 Å². The van der Waals surface area contributed by atoms with Crippen LogP contribution in [0.2, 0.25) is 0 Å². The molecule has 1 aromatic heterocycles. The van der Waals surface area contributed by atoms with Crippen molar-refractivity contribution in [2.75, 3.05) is 17.3 Å². The fourth-order valence-electron chi connectivity index (χ4n) is 1.95. The van der Waals surface area contributed by atoms with Crippen molar-refractivity contribution in [1.82, 2.24) is 4.98 Å². The summed E-state index contributed by atoms with van der Waals surface area (Å²) in [6.45, 7) is 3.93. The molecule has 0 bridgehead atoms. The summed E-state index contributed by atoms with van der Waals surface area (Å²) in [5.74, 6) is 1.73. The highest BCUT2D eigenvalue weighted by Crippen LogP contribution is 2.34. The van der Waals surface area contributed by atoms with Gasteiger partial charge in [0, 0.05) is 12.6 Å². The summed E-state index contributed by atoms with van der Waals surface area (Å²) in [6, 6.07) is 14.3. The summed E-state index contributed by atoms with van der Waals surface area (Å²) in [7, 11) is 1.98. The third-order valence-corrected chi connectivity index (χ3v) is 2.97. The first-order valence-corrected chi connectivity index (χ1v) is 5.52. The lowest BCUT2D eigenvalue weighted by atomic mass is 10.1. The lowest BCUT2D eigenvalue weighted by Gasteiger charge is -2.10. The van der Waals surface area contributed by atoms with Crippen LogP contribution in [0.3, 0.4) is 0 Å². The normalized spacial score (nSPS) is 13.5. The Kier molecular flexibility index (Phi) is 2.11. The number of pyridine rings is 1. The van der Waals surface area contributed by atoms with E-state index in [1.807, 2.05) is 36.2 Å². The number of nitrogens with one attached hydrogen (secondary N) is 1. The Morgan fingerprint density at radius 3 is 2.65 bits per heavy atom. The van der Waals surface area contributed by atoms with Gasteiger partial charge in [0.15, 0.2) is 5.82 Å². The molecular formula is C14H13N3. The average Bonchev–Trinajstić information content (AvgIpc) is 2.66. The molecule has 0 saturated heterocycles. The molecule has 1 aliphatic heterocycles.